The van der Waals surface area contributed by atoms with Crippen LogP contribution in [0.2, 0.25) is 0 Å². The van der Waals surface area contributed by atoms with E-state index in [-0.39, 0.29) is 17.7 Å². The van der Waals surface area contributed by atoms with Gasteiger partial charge in [0.05, 0.1) is 17.4 Å². The van der Waals surface area contributed by atoms with Crippen molar-refractivity contribution in [2.75, 3.05) is 17.3 Å². The zero-order valence-corrected chi connectivity index (χ0v) is 11.9. The van der Waals surface area contributed by atoms with Gasteiger partial charge in [-0.2, -0.15) is 5.26 Å². The van der Waals surface area contributed by atoms with Crippen molar-refractivity contribution < 1.29 is 8.42 Å². The predicted molar refractivity (Wildman–Crippen MR) is 73.5 cm³/mol. The molecule has 1 N–H and O–H groups in total. The molecule has 1 saturated carbocycles. The minimum absolute atomic E-state index is 0.243. The fourth-order valence-electron chi connectivity index (χ4n) is 2.43. The van der Waals surface area contributed by atoms with E-state index in [1.807, 2.05) is 6.92 Å². The summed E-state index contributed by atoms with van der Waals surface area (Å²) in [6, 6.07) is 5.81. The average molecular weight is 279 g/mol. The Morgan fingerprint density at radius 3 is 2.74 bits per heavy atom. The number of nitriles is 1. The summed E-state index contributed by atoms with van der Waals surface area (Å²) >= 11 is 0. The zero-order chi connectivity index (χ0) is 14.0. The first-order valence-electron chi connectivity index (χ1n) is 6.19. The number of nitrogens with zero attached hydrogens (tertiary/aromatic N) is 2. The highest BCUT2D eigenvalue weighted by molar-refractivity contribution is 7.90. The lowest BCUT2D eigenvalue weighted by molar-refractivity contribution is 0.310. The molecule has 5 nitrogen and oxygen atoms in total. The van der Waals surface area contributed by atoms with Gasteiger partial charge in [-0.15, -0.1) is 0 Å². The van der Waals surface area contributed by atoms with Gasteiger partial charge in [0.1, 0.15) is 15.7 Å². The van der Waals surface area contributed by atoms with Crippen molar-refractivity contribution in [3.63, 3.8) is 0 Å². The fourth-order valence-corrected chi connectivity index (χ4v) is 3.56. The topological polar surface area (TPSA) is 82.9 Å². The molecule has 0 unspecified atom stereocenters. The van der Waals surface area contributed by atoms with Gasteiger partial charge in [-0.3, -0.25) is 0 Å². The first kappa shape index (κ1) is 13.8. The molecule has 1 heterocycles. The predicted octanol–water partition coefficient (Wildman–Crippen LogP) is 1.50. The standard InChI is InChI=1S/C13H17N3O2S/c1-9-3-10(7-14)6-13(15-9)16-12-4-11(5-12)8-19(2,17)18/h3,6,11-12H,4-5,8H2,1-2H3,(H,15,16). The van der Waals surface area contributed by atoms with Gasteiger partial charge < -0.3 is 5.32 Å². The van der Waals surface area contributed by atoms with Crippen LogP contribution in [-0.4, -0.2) is 31.5 Å². The Bertz CT molecular complexity index is 613. The van der Waals surface area contributed by atoms with Gasteiger partial charge in [0.2, 0.25) is 0 Å². The molecule has 0 spiro atoms. The molecule has 1 aliphatic carbocycles. The van der Waals surface area contributed by atoms with Crippen molar-refractivity contribution >= 4 is 15.7 Å². The highest BCUT2D eigenvalue weighted by atomic mass is 32.2. The van der Waals surface area contributed by atoms with E-state index < -0.39 is 9.84 Å². The molecule has 0 aliphatic heterocycles. The van der Waals surface area contributed by atoms with Crippen molar-refractivity contribution in [2.45, 2.75) is 25.8 Å². The molecule has 0 saturated heterocycles. The van der Waals surface area contributed by atoms with Crippen LogP contribution >= 0.6 is 0 Å². The van der Waals surface area contributed by atoms with E-state index in [0.717, 1.165) is 18.5 Å². The van der Waals surface area contributed by atoms with Crippen LogP contribution in [0.4, 0.5) is 5.82 Å². The molecular weight excluding hydrogens is 262 g/mol. The van der Waals surface area contributed by atoms with Crippen molar-refractivity contribution in [1.82, 2.24) is 4.98 Å². The first-order valence-corrected chi connectivity index (χ1v) is 8.25. The van der Waals surface area contributed by atoms with Crippen molar-refractivity contribution in [2.24, 2.45) is 5.92 Å². The summed E-state index contributed by atoms with van der Waals surface area (Å²) in [4.78, 5) is 4.32. The first-order chi connectivity index (χ1) is 8.85. The highest BCUT2D eigenvalue weighted by Gasteiger charge is 2.31. The van der Waals surface area contributed by atoms with Crippen LogP contribution in [0.3, 0.4) is 0 Å². The van der Waals surface area contributed by atoms with E-state index in [2.05, 4.69) is 16.4 Å². The molecule has 0 atom stereocenters. The normalized spacial score (nSPS) is 22.4. The van der Waals surface area contributed by atoms with Crippen molar-refractivity contribution in [3.05, 3.63) is 23.4 Å². The molecule has 1 aromatic rings. The number of sulfone groups is 1. The smallest absolute Gasteiger partial charge is 0.147 e. The number of aryl methyl sites for hydroxylation is 1. The lowest BCUT2D eigenvalue weighted by Crippen LogP contribution is -2.39. The Labute approximate surface area is 113 Å². The van der Waals surface area contributed by atoms with E-state index in [0.29, 0.717) is 11.4 Å². The minimum atomic E-state index is -2.88. The monoisotopic (exact) mass is 279 g/mol. The zero-order valence-electron chi connectivity index (χ0n) is 11.0. The lowest BCUT2D eigenvalue weighted by Gasteiger charge is -2.35. The number of anilines is 1. The van der Waals surface area contributed by atoms with Crippen LogP contribution < -0.4 is 5.32 Å². The van der Waals surface area contributed by atoms with Gasteiger partial charge in [0.15, 0.2) is 0 Å². The van der Waals surface area contributed by atoms with Crippen LogP contribution in [0.5, 0.6) is 0 Å². The Kier molecular flexibility index (Phi) is 3.76. The number of hydrogen-bond donors (Lipinski definition) is 1. The summed E-state index contributed by atoms with van der Waals surface area (Å²) in [5.74, 6) is 1.20. The van der Waals surface area contributed by atoms with Gasteiger partial charge in [-0.1, -0.05) is 0 Å². The second-order valence-corrected chi connectivity index (χ2v) is 7.45. The Morgan fingerprint density at radius 2 is 2.16 bits per heavy atom. The molecule has 1 fully saturated rings. The minimum Gasteiger partial charge on any atom is -0.367 e. The van der Waals surface area contributed by atoms with E-state index >= 15 is 0 Å². The summed E-state index contributed by atoms with van der Waals surface area (Å²) in [7, 11) is -2.88. The highest BCUT2D eigenvalue weighted by Crippen LogP contribution is 2.31. The summed E-state index contributed by atoms with van der Waals surface area (Å²) in [5, 5.41) is 12.1. The molecule has 0 amide bonds. The molecule has 102 valence electrons. The number of aromatic nitrogens is 1. The van der Waals surface area contributed by atoms with Gasteiger partial charge >= 0.3 is 0 Å². The fraction of sp³-hybridized carbons (Fsp3) is 0.538. The lowest BCUT2D eigenvalue weighted by atomic mass is 9.81. The van der Waals surface area contributed by atoms with E-state index in [9.17, 15) is 8.42 Å². The molecule has 0 radical (unpaired) electrons. The van der Waals surface area contributed by atoms with Gasteiger partial charge in [0.25, 0.3) is 0 Å². The van der Waals surface area contributed by atoms with Crippen LogP contribution in [-0.2, 0) is 9.84 Å². The molecule has 19 heavy (non-hydrogen) atoms. The Hall–Kier alpha value is -1.61. The van der Waals surface area contributed by atoms with Gasteiger partial charge in [-0.05, 0) is 37.8 Å². The van der Waals surface area contributed by atoms with Crippen LogP contribution in [0.25, 0.3) is 0 Å². The second-order valence-electron chi connectivity index (χ2n) is 5.27. The third-order valence-corrected chi connectivity index (χ3v) is 4.29. The van der Waals surface area contributed by atoms with Crippen molar-refractivity contribution in [3.8, 4) is 6.07 Å². The van der Waals surface area contributed by atoms with Crippen molar-refractivity contribution in [1.29, 1.82) is 5.26 Å². The van der Waals surface area contributed by atoms with Gasteiger partial charge in [0, 0.05) is 18.0 Å². The summed E-state index contributed by atoms with van der Waals surface area (Å²) < 4.78 is 22.3. The molecule has 0 aromatic carbocycles. The number of rotatable bonds is 4. The Morgan fingerprint density at radius 1 is 1.47 bits per heavy atom. The maximum Gasteiger partial charge on any atom is 0.147 e. The average Bonchev–Trinajstić information content (AvgIpc) is 2.23. The molecule has 1 aliphatic rings. The molecule has 6 heteroatoms. The summed E-state index contributed by atoms with van der Waals surface area (Å²) in [6.45, 7) is 1.85. The molecule has 2 rings (SSSR count). The van der Waals surface area contributed by atoms with Gasteiger partial charge in [-0.25, -0.2) is 13.4 Å². The Balaban J connectivity index is 1.91. The van der Waals surface area contributed by atoms with Crippen LogP contribution in [0.15, 0.2) is 12.1 Å². The summed E-state index contributed by atoms with van der Waals surface area (Å²) in [5.41, 5.74) is 1.38. The van der Waals surface area contributed by atoms with E-state index in [4.69, 9.17) is 5.26 Å². The van der Waals surface area contributed by atoms with Crippen LogP contribution in [0.1, 0.15) is 24.1 Å². The SMILES string of the molecule is Cc1cc(C#N)cc(NC2CC(CS(C)(=O)=O)C2)n1. The number of hydrogen-bond acceptors (Lipinski definition) is 5. The maximum absolute atomic E-state index is 11.2. The van der Waals surface area contributed by atoms with Crippen LogP contribution in [0, 0.1) is 24.2 Å². The van der Waals surface area contributed by atoms with E-state index in [1.54, 1.807) is 12.1 Å². The second kappa shape index (κ2) is 5.17. The molecule has 0 bridgehead atoms. The van der Waals surface area contributed by atoms with E-state index in [1.165, 1.54) is 6.26 Å². The molecule has 1 aromatic heterocycles. The summed E-state index contributed by atoms with van der Waals surface area (Å²) in [6.07, 6.45) is 2.95. The maximum atomic E-state index is 11.2. The third-order valence-electron chi connectivity index (χ3n) is 3.21. The number of pyridine rings is 1. The molecular formula is C13H17N3O2S. The third kappa shape index (κ3) is 3.93. The number of nitrogens with one attached hydrogen (secondary N) is 1. The largest absolute Gasteiger partial charge is 0.367 e. The quantitative estimate of drug-likeness (QED) is 0.903.